The zero-order chi connectivity index (χ0) is 28.6. The van der Waals surface area contributed by atoms with Crippen LogP contribution in [0.3, 0.4) is 0 Å². The van der Waals surface area contributed by atoms with Crippen molar-refractivity contribution in [2.75, 3.05) is 11.9 Å². The van der Waals surface area contributed by atoms with E-state index in [0.717, 1.165) is 58.6 Å². The summed E-state index contributed by atoms with van der Waals surface area (Å²) >= 11 is 7.98. The molecule has 0 bridgehead atoms. The lowest BCUT2D eigenvalue weighted by atomic mass is 9.95. The van der Waals surface area contributed by atoms with Crippen LogP contribution in [0.1, 0.15) is 57.3 Å². The number of amides is 1. The van der Waals surface area contributed by atoms with Crippen LogP contribution in [-0.4, -0.2) is 18.7 Å². The van der Waals surface area contributed by atoms with Gasteiger partial charge in [-0.05, 0) is 80.5 Å². The number of rotatable bonds is 11. The molecule has 0 spiro atoms. The molecule has 3 aromatic carbocycles. The predicted molar refractivity (Wildman–Crippen MR) is 170 cm³/mol. The second-order valence-electron chi connectivity index (χ2n) is 9.78. The van der Waals surface area contributed by atoms with Gasteiger partial charge in [-0.2, -0.15) is 0 Å². The van der Waals surface area contributed by atoms with Gasteiger partial charge in [-0.25, -0.2) is 4.99 Å². The van der Waals surface area contributed by atoms with Crippen LogP contribution in [0.2, 0.25) is 5.02 Å². The molecule has 0 radical (unpaired) electrons. The van der Waals surface area contributed by atoms with E-state index in [0.29, 0.717) is 41.7 Å². The van der Waals surface area contributed by atoms with E-state index in [1.54, 1.807) is 11.3 Å². The van der Waals surface area contributed by atoms with Gasteiger partial charge in [0.25, 0.3) is 5.91 Å². The van der Waals surface area contributed by atoms with E-state index in [2.05, 4.69) is 11.9 Å². The Balaban J connectivity index is 1.47. The Hall–Kier alpha value is -3.87. The molecule has 41 heavy (non-hydrogen) atoms. The van der Waals surface area contributed by atoms with E-state index in [9.17, 15) is 4.79 Å². The van der Waals surface area contributed by atoms with Gasteiger partial charge in [0.1, 0.15) is 11.6 Å². The number of anilines is 1. The molecule has 1 N–H and O–H groups in total. The first-order valence-electron chi connectivity index (χ1n) is 13.9. The van der Waals surface area contributed by atoms with Gasteiger partial charge in [-0.3, -0.25) is 4.79 Å². The molecule has 4 aromatic rings. The van der Waals surface area contributed by atoms with Gasteiger partial charge < -0.3 is 14.8 Å². The third-order valence-electron chi connectivity index (χ3n) is 6.89. The molecule has 1 aromatic heterocycles. The number of aryl methyl sites for hydroxylation is 1. The maximum absolute atomic E-state index is 13.5. The third-order valence-corrected chi connectivity index (χ3v) is 8.46. The second-order valence-corrected chi connectivity index (χ2v) is 11.3. The molecule has 5 nitrogen and oxygen atoms in total. The molecule has 0 atom stereocenters. The number of aliphatic imine (C=N–C) groups is 1. The SMILES string of the molecule is C=CCc1cc(C=Nc2sc3c(c2C(=O)Nc2ccccc2)CCCC3)cc(OCC)c1OCc1ccccc1Cl. The number of carbonyl (C=O) groups excluding carboxylic acids is 1. The van der Waals surface area contributed by atoms with Crippen molar-refractivity contribution < 1.29 is 14.3 Å². The van der Waals surface area contributed by atoms with E-state index in [1.165, 1.54) is 4.88 Å². The Bertz CT molecular complexity index is 1560. The maximum atomic E-state index is 13.5. The summed E-state index contributed by atoms with van der Waals surface area (Å²) in [5.74, 6) is 1.18. The number of carbonyl (C=O) groups is 1. The van der Waals surface area contributed by atoms with Gasteiger partial charge in [-0.1, -0.05) is 54.1 Å². The maximum Gasteiger partial charge on any atom is 0.259 e. The van der Waals surface area contributed by atoms with Crippen molar-refractivity contribution in [1.82, 2.24) is 0 Å². The van der Waals surface area contributed by atoms with Gasteiger partial charge in [0.05, 0.1) is 12.2 Å². The highest BCUT2D eigenvalue weighted by Crippen LogP contribution is 2.41. The molecule has 1 heterocycles. The summed E-state index contributed by atoms with van der Waals surface area (Å²) in [5.41, 5.74) is 5.28. The van der Waals surface area contributed by atoms with E-state index in [-0.39, 0.29) is 5.91 Å². The van der Waals surface area contributed by atoms with Crippen molar-refractivity contribution in [3.8, 4) is 11.5 Å². The van der Waals surface area contributed by atoms with Crippen molar-refractivity contribution in [3.05, 3.63) is 117 Å². The average Bonchev–Trinajstić information content (AvgIpc) is 3.36. The van der Waals surface area contributed by atoms with Crippen LogP contribution < -0.4 is 14.8 Å². The zero-order valence-corrected chi connectivity index (χ0v) is 24.7. The monoisotopic (exact) mass is 584 g/mol. The number of halogens is 1. The Morgan fingerprint density at radius 1 is 1.05 bits per heavy atom. The lowest BCUT2D eigenvalue weighted by Crippen LogP contribution is -2.14. The molecule has 0 saturated carbocycles. The van der Waals surface area contributed by atoms with Gasteiger partial charge in [-0.15, -0.1) is 17.9 Å². The number of nitrogens with one attached hydrogen (secondary N) is 1. The summed E-state index contributed by atoms with van der Waals surface area (Å²) in [6.45, 7) is 6.68. The van der Waals surface area contributed by atoms with E-state index in [1.807, 2.05) is 85.9 Å². The molecular formula is C34H33ClN2O3S. The standard InChI is InChI=1S/C34H33ClN2O3S/c1-3-12-24-19-23(20-29(39-4-2)32(24)40-22-25-13-8-10-17-28(25)35)21-36-34-31(27-16-9-11-18-30(27)41-34)33(38)37-26-14-6-5-7-15-26/h3,5-8,10,13-15,17,19-21H,1,4,9,11-12,16,18,22H2,2H3,(H,37,38). The number of para-hydroxylation sites is 1. The largest absolute Gasteiger partial charge is 0.490 e. The fraction of sp³-hybridized carbons (Fsp3) is 0.235. The molecule has 0 aliphatic heterocycles. The summed E-state index contributed by atoms with van der Waals surface area (Å²) in [6.07, 6.45) is 8.34. The van der Waals surface area contributed by atoms with Crippen molar-refractivity contribution in [2.45, 2.75) is 45.6 Å². The quantitative estimate of drug-likeness (QED) is 0.141. The number of ether oxygens (including phenoxy) is 2. The zero-order valence-electron chi connectivity index (χ0n) is 23.1. The Kier molecular flexibility index (Phi) is 9.55. The molecule has 5 rings (SSSR count). The second kappa shape index (κ2) is 13.7. The highest BCUT2D eigenvalue weighted by Gasteiger charge is 2.25. The Labute approximate surface area is 250 Å². The lowest BCUT2D eigenvalue weighted by molar-refractivity contribution is 0.102. The van der Waals surface area contributed by atoms with Crippen LogP contribution in [0.15, 0.2) is 84.4 Å². The van der Waals surface area contributed by atoms with E-state index < -0.39 is 0 Å². The number of benzene rings is 3. The topological polar surface area (TPSA) is 59.9 Å². The molecule has 1 amide bonds. The minimum Gasteiger partial charge on any atom is -0.490 e. The summed E-state index contributed by atoms with van der Waals surface area (Å²) in [7, 11) is 0. The summed E-state index contributed by atoms with van der Waals surface area (Å²) in [6, 6.07) is 21.1. The first-order chi connectivity index (χ1) is 20.1. The molecule has 1 aliphatic rings. The Morgan fingerprint density at radius 2 is 1.83 bits per heavy atom. The van der Waals surface area contributed by atoms with Crippen LogP contribution in [-0.2, 0) is 25.9 Å². The molecular weight excluding hydrogens is 552 g/mol. The van der Waals surface area contributed by atoms with Crippen molar-refractivity contribution in [3.63, 3.8) is 0 Å². The fourth-order valence-electron chi connectivity index (χ4n) is 4.98. The molecule has 210 valence electrons. The Morgan fingerprint density at radius 3 is 2.61 bits per heavy atom. The smallest absolute Gasteiger partial charge is 0.259 e. The van der Waals surface area contributed by atoms with Gasteiger partial charge in [0, 0.05) is 32.9 Å². The first kappa shape index (κ1) is 28.7. The molecule has 0 unspecified atom stereocenters. The number of thiophene rings is 1. The van der Waals surface area contributed by atoms with Crippen molar-refractivity contribution >= 4 is 45.7 Å². The predicted octanol–water partition coefficient (Wildman–Crippen LogP) is 8.99. The van der Waals surface area contributed by atoms with Crippen LogP contribution in [0.5, 0.6) is 11.5 Å². The highest BCUT2D eigenvalue weighted by atomic mass is 35.5. The van der Waals surface area contributed by atoms with Gasteiger partial charge >= 0.3 is 0 Å². The third kappa shape index (κ3) is 6.89. The van der Waals surface area contributed by atoms with Gasteiger partial charge in [0.2, 0.25) is 0 Å². The summed E-state index contributed by atoms with van der Waals surface area (Å²) in [4.78, 5) is 19.6. The van der Waals surface area contributed by atoms with Crippen molar-refractivity contribution in [2.24, 2.45) is 4.99 Å². The first-order valence-corrected chi connectivity index (χ1v) is 15.1. The fourth-order valence-corrected chi connectivity index (χ4v) is 6.40. The average molecular weight is 585 g/mol. The number of fused-ring (bicyclic) bond motifs is 1. The van der Waals surface area contributed by atoms with Crippen LogP contribution >= 0.6 is 22.9 Å². The van der Waals surface area contributed by atoms with E-state index in [4.69, 9.17) is 26.1 Å². The van der Waals surface area contributed by atoms with Crippen LogP contribution in [0.25, 0.3) is 0 Å². The molecule has 7 heteroatoms. The number of nitrogens with zero attached hydrogens (tertiary/aromatic N) is 1. The summed E-state index contributed by atoms with van der Waals surface area (Å²) < 4.78 is 12.3. The van der Waals surface area contributed by atoms with Crippen LogP contribution in [0.4, 0.5) is 10.7 Å². The normalized spacial score (nSPS) is 12.6. The molecule has 0 saturated heterocycles. The number of hydrogen-bond donors (Lipinski definition) is 1. The van der Waals surface area contributed by atoms with E-state index >= 15 is 0 Å². The minimum absolute atomic E-state index is 0.117. The minimum atomic E-state index is -0.117. The summed E-state index contributed by atoms with van der Waals surface area (Å²) in [5, 5.41) is 4.45. The number of allylic oxidation sites excluding steroid dienone is 1. The van der Waals surface area contributed by atoms with Gasteiger partial charge in [0.15, 0.2) is 11.5 Å². The number of hydrogen-bond acceptors (Lipinski definition) is 5. The van der Waals surface area contributed by atoms with Crippen molar-refractivity contribution in [1.29, 1.82) is 0 Å². The highest BCUT2D eigenvalue weighted by molar-refractivity contribution is 7.16. The van der Waals surface area contributed by atoms with Crippen LogP contribution in [0, 0.1) is 0 Å². The molecule has 0 fully saturated rings. The molecule has 1 aliphatic carbocycles. The lowest BCUT2D eigenvalue weighted by Gasteiger charge is -2.17.